The van der Waals surface area contributed by atoms with E-state index in [0.717, 1.165) is 25.2 Å². The Labute approximate surface area is 147 Å². The van der Waals surface area contributed by atoms with Gasteiger partial charge in [0.2, 0.25) is 17.6 Å². The van der Waals surface area contributed by atoms with Crippen LogP contribution in [0.2, 0.25) is 0 Å². The summed E-state index contributed by atoms with van der Waals surface area (Å²) >= 11 is 0. The number of hydrogen-bond acceptors (Lipinski definition) is 6. The molecular weight excluding hydrogens is 318 g/mol. The Morgan fingerprint density at radius 1 is 1.20 bits per heavy atom. The molecule has 3 rings (SSSR count). The average molecular weight is 343 g/mol. The molecule has 0 bridgehead atoms. The van der Waals surface area contributed by atoms with E-state index < -0.39 is 0 Å². The first-order chi connectivity index (χ1) is 12.3. The summed E-state index contributed by atoms with van der Waals surface area (Å²) in [7, 11) is 0. The molecule has 1 aliphatic rings. The number of carbonyl (C=O) groups is 1. The van der Waals surface area contributed by atoms with Crippen molar-refractivity contribution in [2.45, 2.75) is 45.1 Å². The summed E-state index contributed by atoms with van der Waals surface area (Å²) in [4.78, 5) is 22.8. The maximum atomic E-state index is 12.1. The summed E-state index contributed by atoms with van der Waals surface area (Å²) in [6, 6.07) is 3.68. The molecule has 7 heteroatoms. The second kappa shape index (κ2) is 9.27. The Morgan fingerprint density at radius 2 is 2.00 bits per heavy atom. The predicted molar refractivity (Wildman–Crippen MR) is 93.5 cm³/mol. The molecule has 1 saturated heterocycles. The van der Waals surface area contributed by atoms with Crippen LogP contribution in [0.25, 0.3) is 11.4 Å². The number of aromatic nitrogens is 3. The molecule has 2 aromatic rings. The van der Waals surface area contributed by atoms with E-state index in [-0.39, 0.29) is 12.5 Å². The molecule has 2 aromatic heterocycles. The van der Waals surface area contributed by atoms with E-state index >= 15 is 0 Å². The third kappa shape index (κ3) is 5.63. The smallest absolute Gasteiger partial charge is 0.246 e. The van der Waals surface area contributed by atoms with Gasteiger partial charge in [-0.25, -0.2) is 0 Å². The summed E-state index contributed by atoms with van der Waals surface area (Å²) < 4.78 is 5.18. The Hall–Kier alpha value is -2.28. The van der Waals surface area contributed by atoms with Gasteiger partial charge in [-0.05, 0) is 38.1 Å². The molecule has 0 atom stereocenters. The minimum atomic E-state index is 0.0168. The molecule has 7 nitrogen and oxygen atoms in total. The molecule has 134 valence electrons. The van der Waals surface area contributed by atoms with Gasteiger partial charge in [-0.15, -0.1) is 0 Å². The molecule has 0 saturated carbocycles. The average Bonchev–Trinajstić information content (AvgIpc) is 3.09. The SMILES string of the molecule is O=C(CCN1CCCCCCC1)NCc1nc(-c2cccnc2)no1. The van der Waals surface area contributed by atoms with Crippen LogP contribution in [0.3, 0.4) is 0 Å². The molecule has 0 radical (unpaired) electrons. The highest BCUT2D eigenvalue weighted by molar-refractivity contribution is 5.75. The van der Waals surface area contributed by atoms with E-state index in [1.165, 1.54) is 32.1 Å². The largest absolute Gasteiger partial charge is 0.347 e. The third-order valence-electron chi connectivity index (χ3n) is 4.43. The van der Waals surface area contributed by atoms with Crippen LogP contribution in [-0.4, -0.2) is 45.6 Å². The molecule has 3 heterocycles. The van der Waals surface area contributed by atoms with Crippen LogP contribution in [0.4, 0.5) is 0 Å². The number of carbonyl (C=O) groups excluding carboxylic acids is 1. The van der Waals surface area contributed by atoms with Crippen LogP contribution in [0.1, 0.15) is 44.4 Å². The summed E-state index contributed by atoms with van der Waals surface area (Å²) in [6.45, 7) is 3.28. The van der Waals surface area contributed by atoms with Crippen LogP contribution in [-0.2, 0) is 11.3 Å². The first kappa shape index (κ1) is 17.5. The monoisotopic (exact) mass is 343 g/mol. The van der Waals surface area contributed by atoms with E-state index in [9.17, 15) is 4.79 Å². The number of pyridine rings is 1. The molecule has 0 aliphatic carbocycles. The fourth-order valence-corrected chi connectivity index (χ4v) is 3.00. The Balaban J connectivity index is 1.41. The van der Waals surface area contributed by atoms with Crippen molar-refractivity contribution < 1.29 is 9.32 Å². The van der Waals surface area contributed by atoms with Crippen molar-refractivity contribution in [2.24, 2.45) is 0 Å². The van der Waals surface area contributed by atoms with Crippen LogP contribution in [0.15, 0.2) is 29.0 Å². The minimum absolute atomic E-state index is 0.0168. The van der Waals surface area contributed by atoms with E-state index in [2.05, 4.69) is 25.3 Å². The lowest BCUT2D eigenvalue weighted by Gasteiger charge is -2.24. The van der Waals surface area contributed by atoms with E-state index in [1.54, 1.807) is 12.4 Å². The van der Waals surface area contributed by atoms with E-state index in [1.807, 2.05) is 12.1 Å². The standard InChI is InChI=1S/C18H25N5O2/c24-16(8-12-23-10-4-2-1-3-5-11-23)20-14-17-21-18(22-25-17)15-7-6-9-19-13-15/h6-7,9,13H,1-5,8,10-12,14H2,(H,20,24). The summed E-state index contributed by atoms with van der Waals surface area (Å²) in [5, 5.41) is 6.77. The second-order valence-electron chi connectivity index (χ2n) is 6.39. The molecule has 0 unspecified atom stereocenters. The predicted octanol–water partition coefficient (Wildman–Crippen LogP) is 2.40. The van der Waals surface area contributed by atoms with Gasteiger partial charge in [0.1, 0.15) is 0 Å². The van der Waals surface area contributed by atoms with Crippen molar-refractivity contribution in [3.8, 4) is 11.4 Å². The molecule has 1 fully saturated rings. The number of nitrogens with one attached hydrogen (secondary N) is 1. The highest BCUT2D eigenvalue weighted by Gasteiger charge is 2.12. The van der Waals surface area contributed by atoms with Gasteiger partial charge in [0.15, 0.2) is 0 Å². The number of rotatable bonds is 6. The topological polar surface area (TPSA) is 84.2 Å². The van der Waals surface area contributed by atoms with Crippen molar-refractivity contribution in [1.82, 2.24) is 25.3 Å². The normalized spacial score (nSPS) is 16.2. The lowest BCUT2D eigenvalue weighted by molar-refractivity contribution is -0.121. The molecule has 0 spiro atoms. The Morgan fingerprint density at radius 3 is 2.76 bits per heavy atom. The number of nitrogens with zero attached hydrogens (tertiary/aromatic N) is 4. The van der Waals surface area contributed by atoms with E-state index in [4.69, 9.17) is 4.52 Å². The Kier molecular flexibility index (Phi) is 6.50. The van der Waals surface area contributed by atoms with E-state index in [0.29, 0.717) is 18.1 Å². The quantitative estimate of drug-likeness (QED) is 0.867. The lowest BCUT2D eigenvalue weighted by Crippen LogP contribution is -2.32. The molecule has 25 heavy (non-hydrogen) atoms. The van der Waals surface area contributed by atoms with Crippen molar-refractivity contribution in [3.05, 3.63) is 30.4 Å². The molecular formula is C18H25N5O2. The van der Waals surface area contributed by atoms with Crippen LogP contribution in [0, 0.1) is 0 Å². The fraction of sp³-hybridized carbons (Fsp3) is 0.556. The maximum Gasteiger partial charge on any atom is 0.246 e. The van der Waals surface area contributed by atoms with Gasteiger partial charge in [-0.3, -0.25) is 9.78 Å². The van der Waals surface area contributed by atoms with Crippen LogP contribution < -0.4 is 5.32 Å². The van der Waals surface area contributed by atoms with Gasteiger partial charge < -0.3 is 14.7 Å². The lowest BCUT2D eigenvalue weighted by atomic mass is 10.1. The zero-order valence-electron chi connectivity index (χ0n) is 14.5. The number of hydrogen-bond donors (Lipinski definition) is 1. The summed E-state index contributed by atoms with van der Waals surface area (Å²) in [5.74, 6) is 0.902. The second-order valence-corrected chi connectivity index (χ2v) is 6.39. The minimum Gasteiger partial charge on any atom is -0.347 e. The van der Waals surface area contributed by atoms with Gasteiger partial charge in [0.25, 0.3) is 0 Å². The number of amides is 1. The first-order valence-corrected chi connectivity index (χ1v) is 9.03. The van der Waals surface area contributed by atoms with Gasteiger partial charge >= 0.3 is 0 Å². The fourth-order valence-electron chi connectivity index (χ4n) is 3.00. The van der Waals surface area contributed by atoms with Crippen LogP contribution in [0.5, 0.6) is 0 Å². The molecule has 0 aromatic carbocycles. The van der Waals surface area contributed by atoms with Gasteiger partial charge in [-0.1, -0.05) is 24.4 Å². The summed E-state index contributed by atoms with van der Waals surface area (Å²) in [6.07, 6.45) is 10.3. The van der Waals surface area contributed by atoms with Crippen LogP contribution >= 0.6 is 0 Å². The first-order valence-electron chi connectivity index (χ1n) is 9.03. The van der Waals surface area contributed by atoms with Crippen molar-refractivity contribution in [2.75, 3.05) is 19.6 Å². The van der Waals surface area contributed by atoms with Gasteiger partial charge in [0, 0.05) is 30.9 Å². The maximum absolute atomic E-state index is 12.1. The molecule has 1 aliphatic heterocycles. The molecule has 1 amide bonds. The van der Waals surface area contributed by atoms with Crippen molar-refractivity contribution in [1.29, 1.82) is 0 Å². The van der Waals surface area contributed by atoms with Gasteiger partial charge in [0.05, 0.1) is 6.54 Å². The zero-order chi connectivity index (χ0) is 17.3. The highest BCUT2D eigenvalue weighted by Crippen LogP contribution is 2.13. The third-order valence-corrected chi connectivity index (χ3v) is 4.43. The van der Waals surface area contributed by atoms with Crippen molar-refractivity contribution in [3.63, 3.8) is 0 Å². The summed E-state index contributed by atoms with van der Waals surface area (Å²) in [5.41, 5.74) is 0.793. The van der Waals surface area contributed by atoms with Crippen molar-refractivity contribution >= 4 is 5.91 Å². The Bertz CT molecular complexity index is 650. The number of likely N-dealkylation sites (tertiary alicyclic amines) is 1. The highest BCUT2D eigenvalue weighted by atomic mass is 16.5. The molecule has 1 N–H and O–H groups in total. The van der Waals surface area contributed by atoms with Gasteiger partial charge in [-0.2, -0.15) is 4.98 Å². The zero-order valence-corrected chi connectivity index (χ0v) is 14.5.